The van der Waals surface area contributed by atoms with Gasteiger partial charge in [0.25, 0.3) is 5.56 Å². The first-order valence-corrected chi connectivity index (χ1v) is 11.2. The second-order valence-corrected chi connectivity index (χ2v) is 9.32. The first-order valence-electron chi connectivity index (χ1n) is 9.01. The van der Waals surface area contributed by atoms with Crippen LogP contribution in [0.2, 0.25) is 0 Å². The Morgan fingerprint density at radius 1 is 1.29 bits per heavy atom. The summed E-state index contributed by atoms with van der Waals surface area (Å²) in [4.78, 5) is 26.3. The van der Waals surface area contributed by atoms with E-state index in [1.54, 1.807) is 13.1 Å². The number of nitrogens with zero attached hydrogens (tertiary/aromatic N) is 1. The molecule has 0 bridgehead atoms. The van der Waals surface area contributed by atoms with Gasteiger partial charge in [-0.2, -0.15) is 0 Å². The summed E-state index contributed by atoms with van der Waals surface area (Å²) in [6.45, 7) is 8.05. The molecule has 2 aromatic rings. The number of aromatic amines is 1. The zero-order valence-electron chi connectivity index (χ0n) is 16.2. The number of rotatable bonds is 6. The van der Waals surface area contributed by atoms with Crippen LogP contribution in [0, 0.1) is 18.3 Å². The highest BCUT2D eigenvalue weighted by molar-refractivity contribution is 8.00. The van der Waals surface area contributed by atoms with Crippen LogP contribution in [0.4, 0.5) is 0 Å². The van der Waals surface area contributed by atoms with Gasteiger partial charge in [0.05, 0.1) is 6.10 Å². The van der Waals surface area contributed by atoms with Crippen LogP contribution in [0.15, 0.2) is 46.1 Å². The molecule has 9 heteroatoms. The lowest BCUT2D eigenvalue weighted by atomic mass is 9.78. The maximum Gasteiger partial charge on any atom is 0.573 e. The number of ether oxygens (including phenoxy) is 1. The standard InChI is InChI=1S/C19H23N2O5PS/c1-12-10-21(18(23)20-16(12)22)17-19(3,4)13(2)15(25-17)11-24-27(28)26-14-8-6-5-7-9-14/h5-10,13,15,17H,11H2,1-4H3/p+1. The van der Waals surface area contributed by atoms with Gasteiger partial charge in [-0.1, -0.05) is 39.0 Å². The Balaban J connectivity index is 1.71. The highest BCUT2D eigenvalue weighted by Gasteiger charge is 2.50. The number of para-hydroxylation sites is 1. The van der Waals surface area contributed by atoms with E-state index in [1.165, 1.54) is 4.57 Å². The summed E-state index contributed by atoms with van der Waals surface area (Å²) < 4.78 is 19.0. The molecule has 150 valence electrons. The monoisotopic (exact) mass is 423 g/mol. The van der Waals surface area contributed by atoms with E-state index in [4.69, 9.17) is 25.6 Å². The minimum absolute atomic E-state index is 0.0896. The molecule has 1 aromatic heterocycles. The van der Waals surface area contributed by atoms with Crippen molar-refractivity contribution in [3.63, 3.8) is 0 Å². The van der Waals surface area contributed by atoms with Gasteiger partial charge in [0.15, 0.2) is 5.75 Å². The molecule has 4 unspecified atom stereocenters. The van der Waals surface area contributed by atoms with Gasteiger partial charge in [-0.3, -0.25) is 18.9 Å². The summed E-state index contributed by atoms with van der Waals surface area (Å²) in [5, 5.41) is 0. The smallest absolute Gasteiger partial charge is 0.351 e. The van der Waals surface area contributed by atoms with E-state index < -0.39 is 19.1 Å². The van der Waals surface area contributed by atoms with Gasteiger partial charge in [0.2, 0.25) is 11.8 Å². The van der Waals surface area contributed by atoms with E-state index in [9.17, 15) is 9.59 Å². The van der Waals surface area contributed by atoms with Gasteiger partial charge in [-0.25, -0.2) is 4.79 Å². The third-order valence-corrected chi connectivity index (χ3v) is 6.60. The van der Waals surface area contributed by atoms with E-state index in [1.807, 2.05) is 44.2 Å². The summed E-state index contributed by atoms with van der Waals surface area (Å²) in [6.07, 6.45) is 0.763. The Labute approximate surface area is 169 Å². The van der Waals surface area contributed by atoms with Crippen molar-refractivity contribution in [1.29, 1.82) is 0 Å². The topological polar surface area (TPSA) is 82.6 Å². The lowest BCUT2D eigenvalue weighted by Crippen LogP contribution is -2.38. The minimum Gasteiger partial charge on any atom is -0.351 e. The summed E-state index contributed by atoms with van der Waals surface area (Å²) in [5.41, 5.74) is -0.774. The second kappa shape index (κ2) is 8.25. The van der Waals surface area contributed by atoms with Crippen molar-refractivity contribution >= 4 is 19.0 Å². The fraction of sp³-hybridized carbons (Fsp3) is 0.474. The van der Waals surface area contributed by atoms with Gasteiger partial charge in [0, 0.05) is 17.2 Å². The van der Waals surface area contributed by atoms with Gasteiger partial charge < -0.3 is 4.74 Å². The quantitative estimate of drug-likeness (QED) is 0.718. The Bertz CT molecular complexity index is 972. The van der Waals surface area contributed by atoms with E-state index in [0.29, 0.717) is 11.3 Å². The van der Waals surface area contributed by atoms with Crippen molar-refractivity contribution in [2.45, 2.75) is 40.0 Å². The van der Waals surface area contributed by atoms with Crippen LogP contribution in [-0.2, 0) is 21.1 Å². The lowest BCUT2D eigenvalue weighted by molar-refractivity contribution is -0.0461. The predicted molar refractivity (Wildman–Crippen MR) is 110 cm³/mol. The van der Waals surface area contributed by atoms with Crippen molar-refractivity contribution < 1.29 is 13.8 Å². The number of aryl methyl sites for hydroxylation is 1. The van der Waals surface area contributed by atoms with Crippen molar-refractivity contribution in [3.8, 4) is 5.75 Å². The average Bonchev–Trinajstić information content (AvgIpc) is 2.87. The molecule has 1 fully saturated rings. The Kier molecular flexibility index (Phi) is 6.15. The lowest BCUT2D eigenvalue weighted by Gasteiger charge is -2.30. The summed E-state index contributed by atoms with van der Waals surface area (Å²) in [7, 11) is -1.52. The van der Waals surface area contributed by atoms with Gasteiger partial charge in [-0.05, 0) is 25.0 Å². The number of aromatic nitrogens is 2. The SMILES string of the molecule is Cc1cn(C2OC(CO[P+](=S)Oc3ccccc3)C(C)C2(C)C)c(=O)[nH]c1=O. The number of hydrogen-bond acceptors (Lipinski definition) is 6. The predicted octanol–water partition coefficient (Wildman–Crippen LogP) is 3.27. The van der Waals surface area contributed by atoms with E-state index >= 15 is 0 Å². The van der Waals surface area contributed by atoms with Gasteiger partial charge in [-0.15, -0.1) is 4.52 Å². The van der Waals surface area contributed by atoms with Crippen molar-refractivity contribution in [1.82, 2.24) is 9.55 Å². The fourth-order valence-corrected chi connectivity index (χ4v) is 4.31. The third kappa shape index (κ3) is 4.25. The maximum atomic E-state index is 12.3. The third-order valence-electron chi connectivity index (χ3n) is 5.34. The maximum absolute atomic E-state index is 12.3. The summed E-state index contributed by atoms with van der Waals surface area (Å²) in [6, 6.07) is 9.28. The number of benzene rings is 1. The first-order chi connectivity index (χ1) is 13.2. The van der Waals surface area contributed by atoms with E-state index in [2.05, 4.69) is 11.9 Å². The Morgan fingerprint density at radius 2 is 1.96 bits per heavy atom. The van der Waals surface area contributed by atoms with Gasteiger partial charge in [0.1, 0.15) is 12.8 Å². The van der Waals surface area contributed by atoms with Crippen LogP contribution in [0.25, 0.3) is 0 Å². The fourth-order valence-electron chi connectivity index (χ4n) is 3.26. The molecule has 1 aromatic carbocycles. The van der Waals surface area contributed by atoms with E-state index in [-0.39, 0.29) is 29.6 Å². The van der Waals surface area contributed by atoms with Crippen molar-refractivity contribution in [2.24, 2.45) is 11.3 Å². The molecule has 0 amide bonds. The van der Waals surface area contributed by atoms with Crippen LogP contribution in [-0.4, -0.2) is 22.3 Å². The Hall–Kier alpha value is -1.86. The minimum atomic E-state index is -1.52. The first kappa shape index (κ1) is 20.9. The number of nitrogens with one attached hydrogen (secondary N) is 1. The van der Waals surface area contributed by atoms with Gasteiger partial charge >= 0.3 is 12.8 Å². The molecule has 1 aliphatic heterocycles. The number of hydrogen-bond donors (Lipinski definition) is 1. The molecule has 1 saturated heterocycles. The number of H-pyrrole nitrogens is 1. The largest absolute Gasteiger partial charge is 0.573 e. The molecule has 0 radical (unpaired) electrons. The highest BCUT2D eigenvalue weighted by Crippen LogP contribution is 2.49. The Morgan fingerprint density at radius 3 is 2.64 bits per heavy atom. The molecular weight excluding hydrogens is 399 g/mol. The summed E-state index contributed by atoms with van der Waals surface area (Å²) in [5.74, 6) is 0.754. The molecule has 7 nitrogen and oxygen atoms in total. The zero-order chi connectivity index (χ0) is 20.5. The normalized spacial score (nSPS) is 24.1. The molecule has 1 aliphatic rings. The molecule has 0 aliphatic carbocycles. The molecule has 4 atom stereocenters. The van der Waals surface area contributed by atoms with Crippen molar-refractivity contribution in [2.75, 3.05) is 6.61 Å². The second-order valence-electron chi connectivity index (χ2n) is 7.54. The molecule has 0 saturated carbocycles. The molecule has 1 N–H and O–H groups in total. The molecular formula is C19H24N2O5PS+. The van der Waals surface area contributed by atoms with Crippen LogP contribution >= 0.6 is 7.15 Å². The van der Waals surface area contributed by atoms with Crippen molar-refractivity contribution in [3.05, 3.63) is 62.9 Å². The highest BCUT2D eigenvalue weighted by atomic mass is 32.4. The molecule has 3 rings (SSSR count). The van der Waals surface area contributed by atoms with Crippen LogP contribution in [0.5, 0.6) is 5.75 Å². The molecule has 0 spiro atoms. The van der Waals surface area contributed by atoms with E-state index in [0.717, 1.165) is 0 Å². The molecule has 2 heterocycles. The zero-order valence-corrected chi connectivity index (χ0v) is 18.0. The molecule has 28 heavy (non-hydrogen) atoms. The average molecular weight is 423 g/mol. The van der Waals surface area contributed by atoms with Crippen LogP contribution in [0.1, 0.15) is 32.6 Å². The van der Waals surface area contributed by atoms with Crippen LogP contribution in [0.3, 0.4) is 0 Å². The van der Waals surface area contributed by atoms with Crippen LogP contribution < -0.4 is 15.8 Å². The summed E-state index contributed by atoms with van der Waals surface area (Å²) >= 11 is 5.29.